The Morgan fingerprint density at radius 2 is 1.97 bits per heavy atom. The second-order valence-electron chi connectivity index (χ2n) is 6.78. The highest BCUT2D eigenvalue weighted by Gasteiger charge is 2.25. The summed E-state index contributed by atoms with van der Waals surface area (Å²) in [7, 11) is 3.02. The quantitative estimate of drug-likeness (QED) is 0.211. The van der Waals surface area contributed by atoms with Gasteiger partial charge < -0.3 is 15.2 Å². The molecule has 0 fully saturated rings. The van der Waals surface area contributed by atoms with Gasteiger partial charge in [0, 0.05) is 29.3 Å². The molecule has 2 aromatic carbocycles. The van der Waals surface area contributed by atoms with Gasteiger partial charge in [-0.05, 0) is 34.6 Å². The van der Waals surface area contributed by atoms with Crippen LogP contribution < -0.4 is 20.6 Å². The fraction of sp³-hybridized carbons (Fsp3) is 0.100. The standard InChI is InChI=1S/C20H17N9O6/c1-33-14-8-5-12(15(9-14)34-2)10-22-24-20(30)16-17(11-3-6-13(7-4-11)29(31)32)28(27-23-16)19-18(21)25-35-26-19/h3-10H,1-2H3,(H2,21,25)(H,24,30)/b22-10+. The molecule has 0 unspecified atom stereocenters. The molecule has 15 heteroatoms. The van der Waals surface area contributed by atoms with E-state index < -0.39 is 10.8 Å². The van der Waals surface area contributed by atoms with E-state index in [1.807, 2.05) is 0 Å². The highest BCUT2D eigenvalue weighted by atomic mass is 16.6. The average Bonchev–Trinajstić information content (AvgIpc) is 3.50. The Morgan fingerprint density at radius 1 is 1.20 bits per heavy atom. The van der Waals surface area contributed by atoms with Gasteiger partial charge in [0.1, 0.15) is 17.2 Å². The molecule has 0 bridgehead atoms. The normalized spacial score (nSPS) is 10.9. The number of hydrogen-bond donors (Lipinski definition) is 2. The van der Waals surface area contributed by atoms with Crippen LogP contribution in [0.2, 0.25) is 0 Å². The Kier molecular flexibility index (Phi) is 6.30. The maximum Gasteiger partial charge on any atom is 0.294 e. The van der Waals surface area contributed by atoms with E-state index in [1.54, 1.807) is 18.2 Å². The topological polar surface area (TPSA) is 199 Å². The molecule has 0 aliphatic rings. The van der Waals surface area contributed by atoms with Crippen molar-refractivity contribution >= 4 is 23.6 Å². The molecule has 15 nitrogen and oxygen atoms in total. The fourth-order valence-corrected chi connectivity index (χ4v) is 3.06. The Morgan fingerprint density at radius 3 is 2.60 bits per heavy atom. The Balaban J connectivity index is 1.67. The minimum Gasteiger partial charge on any atom is -0.497 e. The van der Waals surface area contributed by atoms with Crippen molar-refractivity contribution < 1.29 is 23.8 Å². The lowest BCUT2D eigenvalue weighted by Crippen LogP contribution is -2.19. The molecule has 178 valence electrons. The second-order valence-corrected chi connectivity index (χ2v) is 6.78. The summed E-state index contributed by atoms with van der Waals surface area (Å²) in [5.74, 6) is 0.234. The minimum atomic E-state index is -0.719. The molecule has 1 amide bonds. The van der Waals surface area contributed by atoms with E-state index in [0.29, 0.717) is 22.6 Å². The molecule has 2 heterocycles. The number of hydrazone groups is 1. The number of nitrogens with zero attached hydrogens (tertiary/aromatic N) is 7. The van der Waals surface area contributed by atoms with E-state index in [0.717, 1.165) is 4.68 Å². The predicted octanol–water partition coefficient (Wildman–Crippen LogP) is 1.59. The minimum absolute atomic E-state index is 0.0172. The van der Waals surface area contributed by atoms with Crippen LogP contribution in [-0.4, -0.2) is 56.6 Å². The number of anilines is 1. The van der Waals surface area contributed by atoms with E-state index in [4.69, 9.17) is 15.2 Å². The first-order valence-corrected chi connectivity index (χ1v) is 9.77. The largest absolute Gasteiger partial charge is 0.497 e. The van der Waals surface area contributed by atoms with Gasteiger partial charge >= 0.3 is 0 Å². The summed E-state index contributed by atoms with van der Waals surface area (Å²) in [6.45, 7) is 0. The number of ether oxygens (including phenoxy) is 2. The molecule has 4 rings (SSSR count). The molecule has 0 radical (unpaired) electrons. The zero-order valence-electron chi connectivity index (χ0n) is 18.3. The summed E-state index contributed by atoms with van der Waals surface area (Å²) < 4.78 is 16.2. The van der Waals surface area contributed by atoms with E-state index in [2.05, 4.69) is 35.8 Å². The number of nitro benzene ring substituents is 1. The predicted molar refractivity (Wildman–Crippen MR) is 120 cm³/mol. The van der Waals surface area contributed by atoms with E-state index in [-0.39, 0.29) is 28.7 Å². The van der Waals surface area contributed by atoms with Gasteiger partial charge in [0.2, 0.25) is 11.6 Å². The van der Waals surface area contributed by atoms with Crippen LogP contribution in [0, 0.1) is 10.1 Å². The molecule has 0 spiro atoms. The van der Waals surface area contributed by atoms with Gasteiger partial charge in [-0.1, -0.05) is 5.21 Å². The van der Waals surface area contributed by atoms with Crippen molar-refractivity contribution in [3.63, 3.8) is 0 Å². The Labute approximate surface area is 196 Å². The number of hydrogen-bond acceptors (Lipinski definition) is 12. The average molecular weight is 479 g/mol. The highest BCUT2D eigenvalue weighted by molar-refractivity contribution is 5.99. The van der Waals surface area contributed by atoms with Gasteiger partial charge in [-0.25, -0.2) is 10.1 Å². The molecular weight excluding hydrogens is 462 g/mol. The maximum absolute atomic E-state index is 12.9. The zero-order valence-corrected chi connectivity index (χ0v) is 18.3. The molecule has 4 aromatic rings. The van der Waals surface area contributed by atoms with Crippen molar-refractivity contribution in [2.24, 2.45) is 5.10 Å². The van der Waals surface area contributed by atoms with Crippen molar-refractivity contribution in [1.82, 2.24) is 30.7 Å². The van der Waals surface area contributed by atoms with Gasteiger partial charge in [0.05, 0.1) is 25.4 Å². The molecule has 0 aliphatic heterocycles. The first kappa shape index (κ1) is 22.8. The number of methoxy groups -OCH3 is 2. The molecule has 3 N–H and O–H groups in total. The molecule has 0 saturated carbocycles. The Bertz CT molecular complexity index is 1410. The third kappa shape index (κ3) is 4.58. The van der Waals surface area contributed by atoms with Gasteiger partial charge in [0.25, 0.3) is 11.6 Å². The number of nitrogens with two attached hydrogens (primary N) is 1. The lowest BCUT2D eigenvalue weighted by atomic mass is 10.1. The summed E-state index contributed by atoms with van der Waals surface area (Å²) in [5, 5.41) is 30.0. The van der Waals surface area contributed by atoms with Gasteiger partial charge in [-0.15, -0.1) is 5.10 Å². The number of benzene rings is 2. The first-order valence-electron chi connectivity index (χ1n) is 9.77. The molecule has 2 aromatic heterocycles. The third-order valence-corrected chi connectivity index (χ3v) is 4.74. The number of nitrogen functional groups attached to an aromatic ring is 1. The lowest BCUT2D eigenvalue weighted by molar-refractivity contribution is -0.384. The van der Waals surface area contributed by atoms with Crippen LogP contribution in [0.5, 0.6) is 11.5 Å². The smallest absolute Gasteiger partial charge is 0.294 e. The third-order valence-electron chi connectivity index (χ3n) is 4.74. The van der Waals surface area contributed by atoms with Crippen LogP contribution in [0.25, 0.3) is 17.1 Å². The maximum atomic E-state index is 12.9. The molecular formula is C20H17N9O6. The summed E-state index contributed by atoms with van der Waals surface area (Å²) in [6, 6.07) is 10.5. The van der Waals surface area contributed by atoms with Crippen molar-refractivity contribution in [3.8, 4) is 28.6 Å². The number of rotatable bonds is 8. The molecule has 0 aliphatic carbocycles. The van der Waals surface area contributed by atoms with E-state index >= 15 is 0 Å². The number of nitro groups is 1. The van der Waals surface area contributed by atoms with Crippen LogP contribution in [0.3, 0.4) is 0 Å². The summed E-state index contributed by atoms with van der Waals surface area (Å²) in [6.07, 6.45) is 1.38. The van der Waals surface area contributed by atoms with Crippen LogP contribution in [0.15, 0.2) is 52.2 Å². The lowest BCUT2D eigenvalue weighted by Gasteiger charge is -2.07. The number of carbonyl (C=O) groups is 1. The monoisotopic (exact) mass is 479 g/mol. The molecule has 0 saturated heterocycles. The number of nitrogens with one attached hydrogen (secondary N) is 1. The number of amides is 1. The van der Waals surface area contributed by atoms with Crippen LogP contribution >= 0.6 is 0 Å². The van der Waals surface area contributed by atoms with E-state index in [9.17, 15) is 14.9 Å². The van der Waals surface area contributed by atoms with Gasteiger partial charge in [0.15, 0.2) is 5.69 Å². The molecule has 35 heavy (non-hydrogen) atoms. The summed E-state index contributed by atoms with van der Waals surface area (Å²) in [5.41, 5.74) is 8.93. The van der Waals surface area contributed by atoms with Crippen molar-refractivity contribution in [2.45, 2.75) is 0 Å². The first-order chi connectivity index (χ1) is 16.9. The van der Waals surface area contributed by atoms with Crippen molar-refractivity contribution in [2.75, 3.05) is 20.0 Å². The molecule has 0 atom stereocenters. The summed E-state index contributed by atoms with van der Waals surface area (Å²) in [4.78, 5) is 23.4. The van der Waals surface area contributed by atoms with Crippen LogP contribution in [0.4, 0.5) is 11.5 Å². The number of non-ortho nitro benzene ring substituents is 1. The summed E-state index contributed by atoms with van der Waals surface area (Å²) >= 11 is 0. The zero-order chi connectivity index (χ0) is 24.9. The second kappa shape index (κ2) is 9.65. The number of aromatic nitrogens is 5. The van der Waals surface area contributed by atoms with Gasteiger partial charge in [-0.3, -0.25) is 14.9 Å². The Hall–Kier alpha value is -5.34. The highest BCUT2D eigenvalue weighted by Crippen LogP contribution is 2.28. The fourth-order valence-electron chi connectivity index (χ4n) is 3.06. The van der Waals surface area contributed by atoms with Crippen LogP contribution in [0.1, 0.15) is 16.1 Å². The SMILES string of the molecule is COc1ccc(/C=N/NC(=O)c2nnn(-c3nonc3N)c2-c2ccc([N+](=O)[O-])cc2)c(OC)c1. The van der Waals surface area contributed by atoms with Gasteiger partial charge in [-0.2, -0.15) is 9.78 Å². The van der Waals surface area contributed by atoms with E-state index in [1.165, 1.54) is 44.7 Å². The van der Waals surface area contributed by atoms with Crippen LogP contribution in [-0.2, 0) is 0 Å². The van der Waals surface area contributed by atoms with Crippen molar-refractivity contribution in [1.29, 1.82) is 0 Å². The number of carbonyl (C=O) groups excluding carboxylic acids is 1. The van der Waals surface area contributed by atoms with Crippen molar-refractivity contribution in [3.05, 3.63) is 63.8 Å².